The maximum atomic E-state index is 6.03. The molecule has 3 aromatic rings. The van der Waals surface area contributed by atoms with Gasteiger partial charge in [-0.25, -0.2) is 9.97 Å². The van der Waals surface area contributed by atoms with Crippen LogP contribution < -0.4 is 0 Å². The van der Waals surface area contributed by atoms with Crippen LogP contribution in [0.3, 0.4) is 0 Å². The molecule has 2 heterocycles. The largest absolute Gasteiger partial charge is 0.454 e. The standard InChI is InChI=1S/C15H13ClN2O2/c1-2-19-9-15-17-11(8-14(16)18-15)13-7-10-5-3-4-6-12(10)20-13/h3-8H,2,9H2,1H3. The van der Waals surface area contributed by atoms with E-state index in [9.17, 15) is 0 Å². The zero-order valence-corrected chi connectivity index (χ0v) is 11.7. The highest BCUT2D eigenvalue weighted by Gasteiger charge is 2.10. The molecule has 0 N–H and O–H groups in total. The molecule has 3 rings (SSSR count). The zero-order chi connectivity index (χ0) is 13.9. The number of rotatable bonds is 4. The van der Waals surface area contributed by atoms with E-state index in [4.69, 9.17) is 20.8 Å². The molecule has 0 aliphatic rings. The van der Waals surface area contributed by atoms with Crippen molar-refractivity contribution in [2.45, 2.75) is 13.5 Å². The molecule has 0 saturated heterocycles. The van der Waals surface area contributed by atoms with Crippen LogP contribution in [0.1, 0.15) is 12.7 Å². The number of halogens is 1. The maximum absolute atomic E-state index is 6.03. The summed E-state index contributed by atoms with van der Waals surface area (Å²) in [5.41, 5.74) is 1.49. The number of hydrogen-bond acceptors (Lipinski definition) is 4. The first kappa shape index (κ1) is 13.1. The van der Waals surface area contributed by atoms with Crippen molar-refractivity contribution < 1.29 is 9.15 Å². The Balaban J connectivity index is 2.01. The molecule has 0 atom stereocenters. The minimum atomic E-state index is 0.338. The van der Waals surface area contributed by atoms with E-state index in [2.05, 4.69) is 9.97 Å². The Labute approximate surface area is 121 Å². The van der Waals surface area contributed by atoms with E-state index >= 15 is 0 Å². The number of nitrogens with zero attached hydrogens (tertiary/aromatic N) is 2. The van der Waals surface area contributed by atoms with Crippen LogP contribution in [0.15, 0.2) is 40.8 Å². The van der Waals surface area contributed by atoms with Crippen molar-refractivity contribution in [2.24, 2.45) is 0 Å². The van der Waals surface area contributed by atoms with Gasteiger partial charge < -0.3 is 9.15 Å². The Morgan fingerprint density at radius 1 is 1.20 bits per heavy atom. The molecule has 0 spiro atoms. The predicted octanol–water partition coefficient (Wildman–Crippen LogP) is 4.08. The van der Waals surface area contributed by atoms with Gasteiger partial charge in [-0.1, -0.05) is 29.8 Å². The highest BCUT2D eigenvalue weighted by molar-refractivity contribution is 6.29. The van der Waals surface area contributed by atoms with E-state index < -0.39 is 0 Å². The number of para-hydroxylation sites is 1. The predicted molar refractivity (Wildman–Crippen MR) is 77.6 cm³/mol. The third-order valence-electron chi connectivity index (χ3n) is 2.85. The van der Waals surface area contributed by atoms with Crippen molar-refractivity contribution in [1.29, 1.82) is 0 Å². The van der Waals surface area contributed by atoms with Crippen LogP contribution in [0.4, 0.5) is 0 Å². The molecule has 0 unspecified atom stereocenters. The second-order valence-corrected chi connectivity index (χ2v) is 4.66. The fraction of sp³-hybridized carbons (Fsp3) is 0.200. The molecule has 0 amide bonds. The molecule has 2 aromatic heterocycles. The number of hydrogen-bond donors (Lipinski definition) is 0. The molecule has 20 heavy (non-hydrogen) atoms. The average Bonchev–Trinajstić information content (AvgIpc) is 2.88. The van der Waals surface area contributed by atoms with Crippen LogP contribution in [-0.4, -0.2) is 16.6 Å². The van der Waals surface area contributed by atoms with Crippen LogP contribution in [0, 0.1) is 0 Å². The Hall–Kier alpha value is -1.91. The highest BCUT2D eigenvalue weighted by atomic mass is 35.5. The van der Waals surface area contributed by atoms with Gasteiger partial charge in [0.2, 0.25) is 0 Å². The normalized spacial score (nSPS) is 11.1. The van der Waals surface area contributed by atoms with Gasteiger partial charge in [-0.15, -0.1) is 0 Å². The fourth-order valence-corrected chi connectivity index (χ4v) is 2.16. The van der Waals surface area contributed by atoms with Crippen LogP contribution >= 0.6 is 11.6 Å². The van der Waals surface area contributed by atoms with Crippen molar-refractivity contribution in [3.05, 3.63) is 47.4 Å². The van der Waals surface area contributed by atoms with Gasteiger partial charge in [-0.05, 0) is 19.1 Å². The molecule has 0 saturated carbocycles. The summed E-state index contributed by atoms with van der Waals surface area (Å²) in [6.07, 6.45) is 0. The third kappa shape index (κ3) is 2.66. The van der Waals surface area contributed by atoms with Crippen molar-refractivity contribution in [3.63, 3.8) is 0 Å². The van der Waals surface area contributed by atoms with Crippen LogP contribution in [-0.2, 0) is 11.3 Å². The minimum Gasteiger partial charge on any atom is -0.454 e. The Morgan fingerprint density at radius 3 is 2.85 bits per heavy atom. The third-order valence-corrected chi connectivity index (χ3v) is 3.05. The van der Waals surface area contributed by atoms with Gasteiger partial charge in [0, 0.05) is 18.1 Å². The van der Waals surface area contributed by atoms with Crippen LogP contribution in [0.2, 0.25) is 5.15 Å². The summed E-state index contributed by atoms with van der Waals surface area (Å²) in [5, 5.41) is 1.41. The quantitative estimate of drug-likeness (QED) is 0.679. The number of furan rings is 1. The van der Waals surface area contributed by atoms with Crippen molar-refractivity contribution in [1.82, 2.24) is 9.97 Å². The van der Waals surface area contributed by atoms with E-state index in [0.29, 0.717) is 35.6 Å². The second-order valence-electron chi connectivity index (χ2n) is 4.28. The molecule has 0 bridgehead atoms. The first-order chi connectivity index (χ1) is 9.76. The lowest BCUT2D eigenvalue weighted by molar-refractivity contribution is 0.128. The van der Waals surface area contributed by atoms with Gasteiger partial charge in [0.15, 0.2) is 11.6 Å². The molecule has 5 heteroatoms. The summed E-state index contributed by atoms with van der Waals surface area (Å²) < 4.78 is 11.1. The Kier molecular flexibility index (Phi) is 3.67. The lowest BCUT2D eigenvalue weighted by atomic mass is 10.2. The smallest absolute Gasteiger partial charge is 0.156 e. The lowest BCUT2D eigenvalue weighted by Gasteiger charge is -2.03. The molecule has 102 valence electrons. The molecule has 0 radical (unpaired) electrons. The van der Waals surface area contributed by atoms with Crippen molar-refractivity contribution >= 4 is 22.6 Å². The number of aromatic nitrogens is 2. The van der Waals surface area contributed by atoms with E-state index in [0.717, 1.165) is 11.0 Å². The molecular weight excluding hydrogens is 276 g/mol. The van der Waals surface area contributed by atoms with Gasteiger partial charge in [0.05, 0.1) is 0 Å². The van der Waals surface area contributed by atoms with E-state index in [1.807, 2.05) is 37.3 Å². The van der Waals surface area contributed by atoms with E-state index in [-0.39, 0.29) is 0 Å². The number of ether oxygens (including phenoxy) is 1. The summed E-state index contributed by atoms with van der Waals surface area (Å²) in [5.74, 6) is 1.23. The van der Waals surface area contributed by atoms with Gasteiger partial charge in [-0.2, -0.15) is 0 Å². The van der Waals surface area contributed by atoms with Gasteiger partial charge in [0.25, 0.3) is 0 Å². The number of benzene rings is 1. The van der Waals surface area contributed by atoms with Gasteiger partial charge in [-0.3, -0.25) is 0 Å². The summed E-state index contributed by atoms with van der Waals surface area (Å²) in [6, 6.07) is 11.4. The maximum Gasteiger partial charge on any atom is 0.156 e. The summed E-state index contributed by atoms with van der Waals surface area (Å²) in [4.78, 5) is 8.56. The summed E-state index contributed by atoms with van der Waals surface area (Å²) in [6.45, 7) is 2.87. The fourth-order valence-electron chi connectivity index (χ4n) is 1.96. The van der Waals surface area contributed by atoms with Crippen LogP contribution in [0.5, 0.6) is 0 Å². The Morgan fingerprint density at radius 2 is 2.05 bits per heavy atom. The van der Waals surface area contributed by atoms with Crippen molar-refractivity contribution in [3.8, 4) is 11.5 Å². The first-order valence-electron chi connectivity index (χ1n) is 6.36. The second kappa shape index (κ2) is 5.61. The van der Waals surface area contributed by atoms with E-state index in [1.165, 1.54) is 0 Å². The topological polar surface area (TPSA) is 48.2 Å². The Bertz CT molecular complexity index is 707. The summed E-state index contributed by atoms with van der Waals surface area (Å²) in [7, 11) is 0. The van der Waals surface area contributed by atoms with Gasteiger partial charge >= 0.3 is 0 Å². The number of fused-ring (bicyclic) bond motifs is 1. The molecule has 0 fully saturated rings. The highest BCUT2D eigenvalue weighted by Crippen LogP contribution is 2.27. The average molecular weight is 289 g/mol. The van der Waals surface area contributed by atoms with Crippen LogP contribution in [0.25, 0.3) is 22.4 Å². The summed E-state index contributed by atoms with van der Waals surface area (Å²) >= 11 is 6.03. The van der Waals surface area contributed by atoms with E-state index in [1.54, 1.807) is 6.07 Å². The first-order valence-corrected chi connectivity index (χ1v) is 6.74. The molecule has 0 aliphatic carbocycles. The monoisotopic (exact) mass is 288 g/mol. The molecular formula is C15H13ClN2O2. The molecule has 0 aliphatic heterocycles. The lowest BCUT2D eigenvalue weighted by Crippen LogP contribution is -2.00. The zero-order valence-electron chi connectivity index (χ0n) is 11.0. The SMILES string of the molecule is CCOCc1nc(Cl)cc(-c2cc3ccccc3o2)n1. The molecule has 4 nitrogen and oxygen atoms in total. The molecule has 1 aromatic carbocycles. The van der Waals surface area contributed by atoms with Crippen molar-refractivity contribution in [2.75, 3.05) is 6.61 Å². The minimum absolute atomic E-state index is 0.338. The van der Waals surface area contributed by atoms with Gasteiger partial charge in [0.1, 0.15) is 23.0 Å².